The quantitative estimate of drug-likeness (QED) is 0.582. The van der Waals surface area contributed by atoms with Crippen molar-refractivity contribution in [1.82, 2.24) is 5.32 Å². The smallest absolute Gasteiger partial charge is 0.255 e. The first-order chi connectivity index (χ1) is 8.79. The average molecular weight is 272 g/mol. The third kappa shape index (κ3) is 4.94. The zero-order valence-electron chi connectivity index (χ0n) is 10.4. The molecule has 0 bridgehead atoms. The van der Waals surface area contributed by atoms with Crippen molar-refractivity contribution in [2.24, 2.45) is 0 Å². The molecule has 0 atom stereocenters. The molecule has 0 saturated carbocycles. The van der Waals surface area contributed by atoms with Crippen LogP contribution in [0.3, 0.4) is 0 Å². The molecule has 1 aromatic rings. The molecule has 1 aromatic carbocycles. The fraction of sp³-hybridized carbons (Fsp3) is 0.462. The normalized spacial score (nSPS) is 10.1. The molecule has 1 amide bonds. The van der Waals surface area contributed by atoms with Crippen molar-refractivity contribution in [3.63, 3.8) is 0 Å². The number of methoxy groups -OCH3 is 1. The van der Waals surface area contributed by atoms with Gasteiger partial charge in [-0.25, -0.2) is 0 Å². The number of benzene rings is 1. The highest BCUT2D eigenvalue weighted by molar-refractivity contribution is 6.17. The Hall–Kier alpha value is -1.26. The third-order valence-corrected chi connectivity index (χ3v) is 2.48. The fourth-order valence-electron chi connectivity index (χ4n) is 1.46. The van der Waals surface area contributed by atoms with Gasteiger partial charge < -0.3 is 14.8 Å². The van der Waals surface area contributed by atoms with Gasteiger partial charge in [-0.1, -0.05) is 12.1 Å². The van der Waals surface area contributed by atoms with Crippen molar-refractivity contribution in [3.05, 3.63) is 29.8 Å². The Morgan fingerprint density at radius 1 is 1.33 bits per heavy atom. The van der Waals surface area contributed by atoms with Gasteiger partial charge in [0, 0.05) is 19.0 Å². The molecule has 0 aromatic heterocycles. The minimum Gasteiger partial charge on any atom is -0.496 e. The van der Waals surface area contributed by atoms with E-state index in [1.165, 1.54) is 0 Å². The van der Waals surface area contributed by atoms with E-state index in [4.69, 9.17) is 21.1 Å². The summed E-state index contributed by atoms with van der Waals surface area (Å²) in [6.45, 7) is 1.71. The zero-order chi connectivity index (χ0) is 13.2. The Labute approximate surface area is 112 Å². The van der Waals surface area contributed by atoms with Gasteiger partial charge >= 0.3 is 0 Å². The minimum atomic E-state index is -0.134. The van der Waals surface area contributed by atoms with Crippen LogP contribution in [0.1, 0.15) is 16.8 Å². The lowest BCUT2D eigenvalue weighted by molar-refractivity contribution is 0.0941. The molecular formula is C13H18ClNO3. The summed E-state index contributed by atoms with van der Waals surface area (Å²) in [5.74, 6) is 0.936. The molecule has 1 rings (SSSR count). The number of carbonyl (C=O) groups is 1. The van der Waals surface area contributed by atoms with Gasteiger partial charge in [-0.05, 0) is 18.6 Å². The molecule has 0 aliphatic rings. The van der Waals surface area contributed by atoms with Crippen LogP contribution in [0.5, 0.6) is 5.75 Å². The predicted octanol–water partition coefficient (Wildman–Crippen LogP) is 2.07. The number of nitrogens with one attached hydrogen (secondary N) is 1. The number of hydrogen-bond donors (Lipinski definition) is 1. The van der Waals surface area contributed by atoms with Crippen molar-refractivity contribution in [2.75, 3.05) is 32.7 Å². The van der Waals surface area contributed by atoms with E-state index in [0.29, 0.717) is 37.0 Å². The summed E-state index contributed by atoms with van der Waals surface area (Å²) in [7, 11) is 1.55. The summed E-state index contributed by atoms with van der Waals surface area (Å²) in [5.41, 5.74) is 0.543. The average Bonchev–Trinajstić information content (AvgIpc) is 2.42. The molecule has 0 unspecified atom stereocenters. The molecule has 0 spiro atoms. The Morgan fingerprint density at radius 2 is 2.11 bits per heavy atom. The van der Waals surface area contributed by atoms with Crippen LogP contribution in [0.15, 0.2) is 24.3 Å². The summed E-state index contributed by atoms with van der Waals surface area (Å²) >= 11 is 5.47. The summed E-state index contributed by atoms with van der Waals surface area (Å²) in [5, 5.41) is 2.82. The van der Waals surface area contributed by atoms with Crippen LogP contribution in [-0.2, 0) is 4.74 Å². The van der Waals surface area contributed by atoms with Crippen LogP contribution in [0.25, 0.3) is 0 Å². The van der Waals surface area contributed by atoms with Crippen LogP contribution >= 0.6 is 11.6 Å². The molecule has 4 nitrogen and oxygen atoms in total. The Kier molecular flexibility index (Phi) is 7.22. The summed E-state index contributed by atoms with van der Waals surface area (Å²) < 4.78 is 10.3. The topological polar surface area (TPSA) is 47.6 Å². The SMILES string of the molecule is COc1ccccc1C(=O)NCCCOCCCl. The molecule has 1 N–H and O–H groups in total. The lowest BCUT2D eigenvalue weighted by atomic mass is 10.2. The minimum absolute atomic E-state index is 0.134. The number of hydrogen-bond acceptors (Lipinski definition) is 3. The van der Waals surface area contributed by atoms with Crippen molar-refractivity contribution in [3.8, 4) is 5.75 Å². The van der Waals surface area contributed by atoms with Gasteiger partial charge in [0.1, 0.15) is 5.75 Å². The van der Waals surface area contributed by atoms with E-state index >= 15 is 0 Å². The van der Waals surface area contributed by atoms with Gasteiger partial charge in [0.2, 0.25) is 0 Å². The zero-order valence-corrected chi connectivity index (χ0v) is 11.2. The summed E-state index contributed by atoms with van der Waals surface area (Å²) in [6, 6.07) is 7.13. The number of rotatable bonds is 8. The predicted molar refractivity (Wildman–Crippen MR) is 71.5 cm³/mol. The molecule has 0 aliphatic carbocycles. The van der Waals surface area contributed by atoms with Crippen molar-refractivity contribution < 1.29 is 14.3 Å². The van der Waals surface area contributed by atoms with Crippen LogP contribution in [-0.4, -0.2) is 38.7 Å². The van der Waals surface area contributed by atoms with E-state index in [2.05, 4.69) is 5.32 Å². The molecule has 0 radical (unpaired) electrons. The van der Waals surface area contributed by atoms with Crippen molar-refractivity contribution in [2.45, 2.75) is 6.42 Å². The largest absolute Gasteiger partial charge is 0.496 e. The number of halogens is 1. The maximum Gasteiger partial charge on any atom is 0.255 e. The van der Waals surface area contributed by atoms with Gasteiger partial charge in [0.15, 0.2) is 0 Å². The van der Waals surface area contributed by atoms with Crippen LogP contribution in [0.2, 0.25) is 0 Å². The second-order valence-corrected chi connectivity index (χ2v) is 3.99. The fourth-order valence-corrected chi connectivity index (χ4v) is 1.57. The highest BCUT2D eigenvalue weighted by atomic mass is 35.5. The first-order valence-corrected chi connectivity index (χ1v) is 6.38. The summed E-state index contributed by atoms with van der Waals surface area (Å²) in [4.78, 5) is 11.9. The third-order valence-electron chi connectivity index (χ3n) is 2.32. The highest BCUT2D eigenvalue weighted by Gasteiger charge is 2.09. The Morgan fingerprint density at radius 3 is 2.83 bits per heavy atom. The molecular weight excluding hydrogens is 254 g/mol. The van der Waals surface area contributed by atoms with Gasteiger partial charge in [-0.15, -0.1) is 11.6 Å². The highest BCUT2D eigenvalue weighted by Crippen LogP contribution is 2.16. The number of ether oxygens (including phenoxy) is 2. The maximum absolute atomic E-state index is 11.9. The molecule has 0 fully saturated rings. The van der Waals surface area contributed by atoms with Crippen LogP contribution in [0, 0.1) is 0 Å². The van der Waals surface area contributed by atoms with Gasteiger partial charge in [-0.2, -0.15) is 0 Å². The molecule has 5 heteroatoms. The number of para-hydroxylation sites is 1. The molecule has 0 saturated heterocycles. The Balaban J connectivity index is 2.32. The van der Waals surface area contributed by atoms with E-state index < -0.39 is 0 Å². The van der Waals surface area contributed by atoms with Gasteiger partial charge in [0.25, 0.3) is 5.91 Å². The van der Waals surface area contributed by atoms with Crippen molar-refractivity contribution in [1.29, 1.82) is 0 Å². The van der Waals surface area contributed by atoms with Crippen LogP contribution in [0.4, 0.5) is 0 Å². The van der Waals surface area contributed by atoms with E-state index in [1.54, 1.807) is 25.3 Å². The van der Waals surface area contributed by atoms with Crippen molar-refractivity contribution >= 4 is 17.5 Å². The van der Waals surface area contributed by atoms with E-state index in [1.807, 2.05) is 6.07 Å². The van der Waals surface area contributed by atoms with E-state index in [9.17, 15) is 4.79 Å². The van der Waals surface area contributed by atoms with E-state index in [-0.39, 0.29) is 5.91 Å². The van der Waals surface area contributed by atoms with Crippen LogP contribution < -0.4 is 10.1 Å². The first kappa shape index (κ1) is 14.8. The number of alkyl halides is 1. The number of amides is 1. The molecule has 0 aliphatic heterocycles. The maximum atomic E-state index is 11.9. The summed E-state index contributed by atoms with van der Waals surface area (Å²) in [6.07, 6.45) is 0.762. The van der Waals surface area contributed by atoms with Gasteiger partial charge in [-0.3, -0.25) is 4.79 Å². The number of carbonyl (C=O) groups excluding carboxylic acids is 1. The standard InChI is InChI=1S/C13H18ClNO3/c1-17-12-6-3-2-5-11(12)13(16)15-8-4-9-18-10-7-14/h2-3,5-6H,4,7-10H2,1H3,(H,15,16). The Bertz CT molecular complexity index is 371. The lowest BCUT2D eigenvalue weighted by Gasteiger charge is -2.09. The monoisotopic (exact) mass is 271 g/mol. The molecule has 0 heterocycles. The molecule has 18 heavy (non-hydrogen) atoms. The van der Waals surface area contributed by atoms with E-state index in [0.717, 1.165) is 6.42 Å². The molecule has 100 valence electrons. The van der Waals surface area contributed by atoms with Gasteiger partial charge in [0.05, 0.1) is 19.3 Å². The second kappa shape index (κ2) is 8.78. The lowest BCUT2D eigenvalue weighted by Crippen LogP contribution is -2.25. The first-order valence-electron chi connectivity index (χ1n) is 5.84. The second-order valence-electron chi connectivity index (χ2n) is 3.61.